The van der Waals surface area contributed by atoms with E-state index in [-0.39, 0.29) is 4.90 Å². The molecule has 15 heavy (non-hydrogen) atoms. The molecule has 82 valence electrons. The Hall–Kier alpha value is -1.07. The van der Waals surface area contributed by atoms with E-state index < -0.39 is 10.0 Å². The molecule has 5 heteroatoms. The van der Waals surface area contributed by atoms with E-state index in [1.165, 1.54) is 0 Å². The maximum absolute atomic E-state index is 11.2. The van der Waals surface area contributed by atoms with Crippen LogP contribution in [0.3, 0.4) is 0 Å². The van der Waals surface area contributed by atoms with Gasteiger partial charge in [-0.25, -0.2) is 13.6 Å². The standard InChI is InChI=1S/C10H14N2O2S/c11-15(13,14)9-4-5-10-8(7-9)3-1-2-6-12-10/h4-5,7,12H,1-3,6H2,(H2,11,13,14). The first-order chi connectivity index (χ1) is 7.07. The summed E-state index contributed by atoms with van der Waals surface area (Å²) in [6.07, 6.45) is 3.10. The molecule has 1 aromatic rings. The molecule has 2 rings (SSSR count). The van der Waals surface area contributed by atoms with Gasteiger partial charge in [-0.3, -0.25) is 0 Å². The molecule has 0 aliphatic carbocycles. The van der Waals surface area contributed by atoms with Crippen molar-refractivity contribution in [3.05, 3.63) is 23.8 Å². The highest BCUT2D eigenvalue weighted by molar-refractivity contribution is 7.89. The molecule has 4 nitrogen and oxygen atoms in total. The zero-order chi connectivity index (χ0) is 10.9. The number of primary sulfonamides is 1. The number of fused-ring (bicyclic) bond motifs is 1. The fraction of sp³-hybridized carbons (Fsp3) is 0.400. The number of aryl methyl sites for hydroxylation is 1. The molecule has 0 bridgehead atoms. The van der Waals surface area contributed by atoms with Crippen LogP contribution in [0.5, 0.6) is 0 Å². The van der Waals surface area contributed by atoms with Gasteiger partial charge >= 0.3 is 0 Å². The summed E-state index contributed by atoms with van der Waals surface area (Å²) in [5.41, 5.74) is 2.07. The van der Waals surface area contributed by atoms with Gasteiger partial charge < -0.3 is 5.32 Å². The topological polar surface area (TPSA) is 72.2 Å². The van der Waals surface area contributed by atoms with Crippen LogP contribution in [-0.2, 0) is 16.4 Å². The van der Waals surface area contributed by atoms with Crippen molar-refractivity contribution < 1.29 is 8.42 Å². The van der Waals surface area contributed by atoms with Crippen molar-refractivity contribution in [3.63, 3.8) is 0 Å². The van der Waals surface area contributed by atoms with Crippen molar-refractivity contribution in [1.82, 2.24) is 0 Å². The van der Waals surface area contributed by atoms with Crippen LogP contribution in [-0.4, -0.2) is 15.0 Å². The van der Waals surface area contributed by atoms with Gasteiger partial charge in [-0.15, -0.1) is 0 Å². The lowest BCUT2D eigenvalue weighted by Crippen LogP contribution is -2.12. The Morgan fingerprint density at radius 3 is 2.80 bits per heavy atom. The molecular weight excluding hydrogens is 212 g/mol. The Labute approximate surface area is 89.5 Å². The Morgan fingerprint density at radius 2 is 2.07 bits per heavy atom. The van der Waals surface area contributed by atoms with E-state index in [0.717, 1.165) is 37.1 Å². The third-order valence-corrected chi connectivity index (χ3v) is 3.50. The van der Waals surface area contributed by atoms with Crippen LogP contribution < -0.4 is 10.5 Å². The zero-order valence-electron chi connectivity index (χ0n) is 8.36. The molecule has 1 heterocycles. The second-order valence-electron chi connectivity index (χ2n) is 3.75. The van der Waals surface area contributed by atoms with Gasteiger partial charge in [0.25, 0.3) is 0 Å². The fourth-order valence-electron chi connectivity index (χ4n) is 1.79. The van der Waals surface area contributed by atoms with Gasteiger partial charge in [0.05, 0.1) is 4.90 Å². The molecule has 0 saturated carbocycles. The average Bonchev–Trinajstić information content (AvgIpc) is 2.39. The number of anilines is 1. The van der Waals surface area contributed by atoms with Crippen molar-refractivity contribution in [2.75, 3.05) is 11.9 Å². The van der Waals surface area contributed by atoms with E-state index in [1.807, 2.05) is 0 Å². The molecule has 1 aliphatic heterocycles. The van der Waals surface area contributed by atoms with E-state index in [9.17, 15) is 8.42 Å². The Morgan fingerprint density at radius 1 is 1.27 bits per heavy atom. The minimum absolute atomic E-state index is 0.199. The fourth-order valence-corrected chi connectivity index (χ4v) is 2.35. The molecule has 0 spiro atoms. The highest BCUT2D eigenvalue weighted by atomic mass is 32.2. The van der Waals surface area contributed by atoms with Crippen molar-refractivity contribution in [2.45, 2.75) is 24.2 Å². The SMILES string of the molecule is NS(=O)(=O)c1ccc2c(c1)CCCCN2. The number of sulfonamides is 1. The summed E-state index contributed by atoms with van der Waals surface area (Å²) >= 11 is 0. The first-order valence-corrected chi connectivity index (χ1v) is 6.51. The van der Waals surface area contributed by atoms with E-state index in [4.69, 9.17) is 5.14 Å². The Kier molecular flexibility index (Phi) is 2.67. The number of nitrogens with one attached hydrogen (secondary N) is 1. The lowest BCUT2D eigenvalue weighted by atomic mass is 10.1. The molecule has 3 N–H and O–H groups in total. The molecule has 0 amide bonds. The van der Waals surface area contributed by atoms with Crippen molar-refractivity contribution in [3.8, 4) is 0 Å². The average molecular weight is 226 g/mol. The van der Waals surface area contributed by atoms with E-state index in [1.54, 1.807) is 18.2 Å². The molecule has 0 aromatic heterocycles. The maximum atomic E-state index is 11.2. The number of rotatable bonds is 1. The molecule has 1 aromatic carbocycles. The predicted molar refractivity (Wildman–Crippen MR) is 59.2 cm³/mol. The van der Waals surface area contributed by atoms with Crippen LogP contribution >= 0.6 is 0 Å². The smallest absolute Gasteiger partial charge is 0.238 e. The van der Waals surface area contributed by atoms with Gasteiger partial charge in [0.15, 0.2) is 0 Å². The quantitative estimate of drug-likeness (QED) is 0.752. The van der Waals surface area contributed by atoms with Crippen LogP contribution in [0.4, 0.5) is 5.69 Å². The first kappa shape index (κ1) is 10.4. The predicted octanol–water partition coefficient (Wildman–Crippen LogP) is 1.08. The Balaban J connectivity index is 2.45. The highest BCUT2D eigenvalue weighted by Crippen LogP contribution is 2.23. The van der Waals surface area contributed by atoms with Crippen LogP contribution in [0.15, 0.2) is 23.1 Å². The largest absolute Gasteiger partial charge is 0.385 e. The van der Waals surface area contributed by atoms with E-state index >= 15 is 0 Å². The van der Waals surface area contributed by atoms with E-state index in [0.29, 0.717) is 0 Å². The van der Waals surface area contributed by atoms with Crippen LogP contribution in [0.25, 0.3) is 0 Å². The van der Waals surface area contributed by atoms with Crippen LogP contribution in [0.2, 0.25) is 0 Å². The van der Waals surface area contributed by atoms with Gasteiger partial charge in [0.2, 0.25) is 10.0 Å². The summed E-state index contributed by atoms with van der Waals surface area (Å²) in [7, 11) is -3.58. The third-order valence-electron chi connectivity index (χ3n) is 2.59. The number of hydrogen-bond acceptors (Lipinski definition) is 3. The lowest BCUT2D eigenvalue weighted by Gasteiger charge is -2.08. The summed E-state index contributed by atoms with van der Waals surface area (Å²) in [6.45, 7) is 0.946. The first-order valence-electron chi connectivity index (χ1n) is 4.97. The van der Waals surface area contributed by atoms with Gasteiger partial charge in [-0.1, -0.05) is 0 Å². The zero-order valence-corrected chi connectivity index (χ0v) is 9.18. The summed E-state index contributed by atoms with van der Waals surface area (Å²) in [4.78, 5) is 0.199. The maximum Gasteiger partial charge on any atom is 0.238 e. The normalized spacial score (nSPS) is 16.3. The number of benzene rings is 1. The molecular formula is C10H14N2O2S. The van der Waals surface area contributed by atoms with Gasteiger partial charge in [0.1, 0.15) is 0 Å². The highest BCUT2D eigenvalue weighted by Gasteiger charge is 2.12. The van der Waals surface area contributed by atoms with Gasteiger partial charge in [-0.05, 0) is 43.0 Å². The second-order valence-corrected chi connectivity index (χ2v) is 5.31. The lowest BCUT2D eigenvalue weighted by molar-refractivity contribution is 0.597. The van der Waals surface area contributed by atoms with Crippen molar-refractivity contribution in [1.29, 1.82) is 0 Å². The summed E-state index contributed by atoms with van der Waals surface area (Å²) in [5.74, 6) is 0. The third kappa shape index (κ3) is 2.30. The summed E-state index contributed by atoms with van der Waals surface area (Å²) in [6, 6.07) is 5.01. The minimum Gasteiger partial charge on any atom is -0.385 e. The molecule has 0 radical (unpaired) electrons. The van der Waals surface area contributed by atoms with Crippen molar-refractivity contribution >= 4 is 15.7 Å². The summed E-state index contributed by atoms with van der Waals surface area (Å²) < 4.78 is 22.3. The molecule has 0 saturated heterocycles. The van der Waals surface area contributed by atoms with E-state index in [2.05, 4.69) is 5.32 Å². The minimum atomic E-state index is -3.58. The molecule has 1 aliphatic rings. The monoisotopic (exact) mass is 226 g/mol. The van der Waals surface area contributed by atoms with Crippen LogP contribution in [0, 0.1) is 0 Å². The van der Waals surface area contributed by atoms with Crippen LogP contribution in [0.1, 0.15) is 18.4 Å². The number of nitrogens with two attached hydrogens (primary N) is 1. The molecule has 0 unspecified atom stereocenters. The van der Waals surface area contributed by atoms with Gasteiger partial charge in [0, 0.05) is 12.2 Å². The molecule has 0 fully saturated rings. The van der Waals surface area contributed by atoms with Crippen molar-refractivity contribution in [2.24, 2.45) is 5.14 Å². The Bertz CT molecular complexity index is 468. The summed E-state index contributed by atoms with van der Waals surface area (Å²) in [5, 5.41) is 8.35. The number of hydrogen-bond donors (Lipinski definition) is 2. The second kappa shape index (κ2) is 3.83. The molecule has 0 atom stereocenters. The van der Waals surface area contributed by atoms with Gasteiger partial charge in [-0.2, -0.15) is 0 Å².